The van der Waals surface area contributed by atoms with Crippen LogP contribution < -0.4 is 20.1 Å². The first-order valence-corrected chi connectivity index (χ1v) is 11.0. The summed E-state index contributed by atoms with van der Waals surface area (Å²) in [5.41, 5.74) is 3.08. The Morgan fingerprint density at radius 2 is 1.68 bits per heavy atom. The molecule has 0 atom stereocenters. The van der Waals surface area contributed by atoms with Gasteiger partial charge in [-0.2, -0.15) is 0 Å². The number of hydrogen-bond acceptors (Lipinski definition) is 4. The number of benzene rings is 3. The fourth-order valence-electron chi connectivity index (χ4n) is 4.01. The molecule has 0 aromatic heterocycles. The fourth-order valence-corrected chi connectivity index (χ4v) is 4.01. The van der Waals surface area contributed by atoms with Crippen LogP contribution in [0.4, 0.5) is 18.9 Å². The molecule has 5 nitrogen and oxygen atoms in total. The number of carbonyl (C=O) groups excluding carboxylic acids is 1. The molecule has 0 unspecified atom stereocenters. The molecule has 0 radical (unpaired) electrons. The van der Waals surface area contributed by atoms with Gasteiger partial charge in [0.1, 0.15) is 17.6 Å². The van der Waals surface area contributed by atoms with Crippen molar-refractivity contribution >= 4 is 11.6 Å². The number of halogens is 3. The monoisotopic (exact) mass is 470 g/mol. The van der Waals surface area contributed by atoms with Crippen molar-refractivity contribution < 1.29 is 27.4 Å². The zero-order valence-corrected chi connectivity index (χ0v) is 18.6. The van der Waals surface area contributed by atoms with Gasteiger partial charge in [-0.1, -0.05) is 30.3 Å². The molecule has 0 aliphatic carbocycles. The quantitative estimate of drug-likeness (QED) is 0.468. The van der Waals surface area contributed by atoms with Gasteiger partial charge in [0.15, 0.2) is 0 Å². The van der Waals surface area contributed by atoms with Crippen molar-refractivity contribution in [3.8, 4) is 22.6 Å². The lowest BCUT2D eigenvalue weighted by Crippen LogP contribution is -2.34. The van der Waals surface area contributed by atoms with Crippen LogP contribution in [0.5, 0.6) is 11.5 Å². The number of amides is 1. The predicted octanol–water partition coefficient (Wildman–Crippen LogP) is 5.94. The van der Waals surface area contributed by atoms with E-state index >= 15 is 0 Å². The van der Waals surface area contributed by atoms with Crippen LogP contribution in [0.3, 0.4) is 0 Å². The molecule has 178 valence electrons. The molecule has 8 heteroatoms. The van der Waals surface area contributed by atoms with Crippen LogP contribution in [-0.4, -0.2) is 31.5 Å². The van der Waals surface area contributed by atoms with E-state index in [1.807, 2.05) is 25.1 Å². The van der Waals surface area contributed by atoms with Gasteiger partial charge in [-0.05, 0) is 79.9 Å². The van der Waals surface area contributed by atoms with Crippen LogP contribution in [0, 0.1) is 6.92 Å². The minimum absolute atomic E-state index is 0.139. The lowest BCUT2D eigenvalue weighted by Gasteiger charge is -2.24. The summed E-state index contributed by atoms with van der Waals surface area (Å²) in [7, 11) is 0. The molecular formula is C26H25F3N2O3. The maximum Gasteiger partial charge on any atom is 0.573 e. The number of ether oxygens (including phenoxy) is 2. The van der Waals surface area contributed by atoms with Crippen molar-refractivity contribution in [1.82, 2.24) is 5.32 Å². The second-order valence-corrected chi connectivity index (χ2v) is 8.12. The molecule has 3 aromatic carbocycles. The summed E-state index contributed by atoms with van der Waals surface area (Å²) >= 11 is 0. The third-order valence-electron chi connectivity index (χ3n) is 5.57. The third-order valence-corrected chi connectivity index (χ3v) is 5.57. The smallest absolute Gasteiger partial charge is 0.490 e. The van der Waals surface area contributed by atoms with Crippen molar-refractivity contribution in [2.24, 2.45) is 0 Å². The Morgan fingerprint density at radius 1 is 0.971 bits per heavy atom. The van der Waals surface area contributed by atoms with Gasteiger partial charge in [0.25, 0.3) is 5.91 Å². The topological polar surface area (TPSA) is 59.6 Å². The maximum atomic E-state index is 13.2. The summed E-state index contributed by atoms with van der Waals surface area (Å²) in [5.74, 6) is 0.0455. The van der Waals surface area contributed by atoms with Gasteiger partial charge >= 0.3 is 6.36 Å². The van der Waals surface area contributed by atoms with Crippen molar-refractivity contribution in [2.45, 2.75) is 32.2 Å². The van der Waals surface area contributed by atoms with E-state index in [0.717, 1.165) is 31.5 Å². The highest BCUT2D eigenvalue weighted by molar-refractivity contribution is 6.09. The van der Waals surface area contributed by atoms with Crippen molar-refractivity contribution in [2.75, 3.05) is 18.4 Å². The molecule has 0 spiro atoms. The minimum atomic E-state index is -4.76. The summed E-state index contributed by atoms with van der Waals surface area (Å²) in [4.78, 5) is 13.2. The summed E-state index contributed by atoms with van der Waals surface area (Å²) in [6.45, 7) is 3.68. The average molecular weight is 470 g/mol. The van der Waals surface area contributed by atoms with Gasteiger partial charge in [0.2, 0.25) is 0 Å². The first kappa shape index (κ1) is 23.6. The summed E-state index contributed by atoms with van der Waals surface area (Å²) in [6.07, 6.45) is -2.77. The fraction of sp³-hybridized carbons (Fsp3) is 0.269. The molecule has 34 heavy (non-hydrogen) atoms. The first-order valence-electron chi connectivity index (χ1n) is 11.0. The largest absolute Gasteiger partial charge is 0.573 e. The molecule has 1 fully saturated rings. The van der Waals surface area contributed by atoms with Crippen LogP contribution in [-0.2, 0) is 0 Å². The molecule has 0 saturated carbocycles. The Kier molecular flexibility index (Phi) is 7.07. The van der Waals surface area contributed by atoms with E-state index in [1.165, 1.54) is 24.3 Å². The van der Waals surface area contributed by atoms with Crippen molar-refractivity contribution in [3.05, 3.63) is 77.9 Å². The van der Waals surface area contributed by atoms with Gasteiger partial charge < -0.3 is 20.1 Å². The molecule has 0 bridgehead atoms. The minimum Gasteiger partial charge on any atom is -0.490 e. The molecular weight excluding hydrogens is 445 g/mol. The van der Waals surface area contributed by atoms with E-state index in [2.05, 4.69) is 15.4 Å². The SMILES string of the molecule is Cc1cccc(C(=O)Nc2cccc(OC3CCNCC3)c2)c1-c1ccc(OC(F)(F)F)cc1. The second kappa shape index (κ2) is 10.2. The van der Waals surface area contributed by atoms with Gasteiger partial charge in [-0.15, -0.1) is 13.2 Å². The highest BCUT2D eigenvalue weighted by atomic mass is 19.4. The van der Waals surface area contributed by atoms with Gasteiger partial charge in [0.05, 0.1) is 0 Å². The number of nitrogens with one attached hydrogen (secondary N) is 2. The highest BCUT2D eigenvalue weighted by Crippen LogP contribution is 2.31. The lowest BCUT2D eigenvalue weighted by atomic mass is 9.94. The summed E-state index contributed by atoms with van der Waals surface area (Å²) < 4.78 is 47.4. The van der Waals surface area contributed by atoms with Gasteiger partial charge in [-0.25, -0.2) is 0 Å². The summed E-state index contributed by atoms with van der Waals surface area (Å²) in [6, 6.07) is 18.0. The number of anilines is 1. The molecule has 2 N–H and O–H groups in total. The normalized spacial score (nSPS) is 14.5. The van der Waals surface area contributed by atoms with Gasteiger partial charge in [-0.3, -0.25) is 4.79 Å². The Labute approximate surface area is 195 Å². The zero-order chi connectivity index (χ0) is 24.1. The molecule has 1 amide bonds. The molecule has 1 heterocycles. The van der Waals surface area contributed by atoms with Crippen LogP contribution in [0.2, 0.25) is 0 Å². The number of rotatable bonds is 6. The van der Waals surface area contributed by atoms with Crippen molar-refractivity contribution in [3.63, 3.8) is 0 Å². The number of hydrogen-bond donors (Lipinski definition) is 2. The van der Waals surface area contributed by atoms with E-state index in [4.69, 9.17) is 4.74 Å². The Hall–Kier alpha value is -3.52. The average Bonchev–Trinajstić information content (AvgIpc) is 2.79. The van der Waals surface area contributed by atoms with E-state index in [1.54, 1.807) is 24.3 Å². The number of alkyl halides is 3. The van der Waals surface area contributed by atoms with E-state index < -0.39 is 6.36 Å². The lowest BCUT2D eigenvalue weighted by molar-refractivity contribution is -0.274. The molecule has 3 aromatic rings. The zero-order valence-electron chi connectivity index (χ0n) is 18.6. The predicted molar refractivity (Wildman–Crippen MR) is 124 cm³/mol. The molecule has 1 aliphatic rings. The van der Waals surface area contributed by atoms with Crippen molar-refractivity contribution in [1.29, 1.82) is 0 Å². The number of piperidine rings is 1. The summed E-state index contributed by atoms with van der Waals surface area (Å²) in [5, 5.41) is 6.21. The van der Waals surface area contributed by atoms with E-state index in [9.17, 15) is 18.0 Å². The Bertz CT molecular complexity index is 1140. The highest BCUT2D eigenvalue weighted by Gasteiger charge is 2.31. The Balaban J connectivity index is 1.53. The molecule has 1 aliphatic heterocycles. The van der Waals surface area contributed by atoms with Crippen LogP contribution in [0.15, 0.2) is 66.7 Å². The second-order valence-electron chi connectivity index (χ2n) is 8.12. The maximum absolute atomic E-state index is 13.2. The third kappa shape index (κ3) is 6.08. The number of aryl methyl sites for hydroxylation is 1. The number of carbonyl (C=O) groups is 1. The van der Waals surface area contributed by atoms with Crippen LogP contribution in [0.25, 0.3) is 11.1 Å². The Morgan fingerprint density at radius 3 is 2.38 bits per heavy atom. The van der Waals surface area contributed by atoms with Gasteiger partial charge in [0, 0.05) is 17.3 Å². The molecule has 4 rings (SSSR count). The standard InChI is InChI=1S/C26H25F3N2O3/c1-17-4-2-7-23(24(17)18-8-10-21(11-9-18)34-26(27,28)29)25(32)31-19-5-3-6-22(16-19)33-20-12-14-30-15-13-20/h2-11,16,20,30H,12-15H2,1H3,(H,31,32). The van der Waals surface area contributed by atoms with E-state index in [0.29, 0.717) is 28.1 Å². The first-order chi connectivity index (χ1) is 16.3. The van der Waals surface area contributed by atoms with Crippen LogP contribution in [0.1, 0.15) is 28.8 Å². The van der Waals surface area contributed by atoms with Crippen LogP contribution >= 0.6 is 0 Å². The van der Waals surface area contributed by atoms with E-state index in [-0.39, 0.29) is 17.8 Å². The molecule has 1 saturated heterocycles.